The van der Waals surface area contributed by atoms with E-state index in [4.69, 9.17) is 30.8 Å². The lowest BCUT2D eigenvalue weighted by atomic mass is 9.78. The van der Waals surface area contributed by atoms with Crippen LogP contribution in [0.3, 0.4) is 0 Å². The predicted octanol–water partition coefficient (Wildman–Crippen LogP) is 7.36. The average Bonchev–Trinajstić information content (AvgIpc) is 3.71. The number of amidine groups is 1. The van der Waals surface area contributed by atoms with Gasteiger partial charge in [-0.15, -0.1) is 11.3 Å². The van der Waals surface area contributed by atoms with Crippen molar-refractivity contribution in [3.05, 3.63) is 108 Å². The molecule has 0 saturated carbocycles. The zero-order valence-electron chi connectivity index (χ0n) is 31.9. The summed E-state index contributed by atoms with van der Waals surface area (Å²) < 4.78 is 33.0. The number of carbonyl (C=O) groups excluding carboxylic acids is 1. The number of aromatic carboxylic acids is 1. The van der Waals surface area contributed by atoms with Crippen LogP contribution in [-0.2, 0) is 16.0 Å². The van der Waals surface area contributed by atoms with E-state index in [0.717, 1.165) is 36.8 Å². The molecule has 2 aromatic carbocycles. The molecule has 3 N–H and O–H groups in total. The van der Waals surface area contributed by atoms with E-state index in [0.29, 0.717) is 65.4 Å². The molecule has 56 heavy (non-hydrogen) atoms. The van der Waals surface area contributed by atoms with Crippen molar-refractivity contribution in [2.24, 2.45) is 10.4 Å². The van der Waals surface area contributed by atoms with E-state index in [-0.39, 0.29) is 27.6 Å². The summed E-state index contributed by atoms with van der Waals surface area (Å²) in [5.41, 5.74) is 2.79. The van der Waals surface area contributed by atoms with E-state index in [1.807, 2.05) is 22.1 Å². The zero-order valence-corrected chi connectivity index (χ0v) is 33.5. The number of unbranched alkanes of at least 4 members (excludes halogenated alkanes) is 3. The van der Waals surface area contributed by atoms with Gasteiger partial charge in [0.15, 0.2) is 27.8 Å². The number of carbonyl (C=O) groups is 2. The Labute approximate surface area is 333 Å². The average molecular weight is 806 g/mol. The summed E-state index contributed by atoms with van der Waals surface area (Å²) in [6.07, 6.45) is 7.31. The highest BCUT2D eigenvalue weighted by atomic mass is 35.5. The van der Waals surface area contributed by atoms with Gasteiger partial charge in [0.25, 0.3) is 0 Å². The molecule has 15 heteroatoms. The Morgan fingerprint density at radius 3 is 2.57 bits per heavy atom. The molecule has 4 heterocycles. The van der Waals surface area contributed by atoms with E-state index in [1.54, 1.807) is 13.3 Å². The van der Waals surface area contributed by atoms with Gasteiger partial charge in [-0.1, -0.05) is 51.3 Å². The summed E-state index contributed by atoms with van der Waals surface area (Å²) in [5, 5.41) is 18.9. The minimum atomic E-state index is -1.24. The molecule has 2 aliphatic heterocycles. The van der Waals surface area contributed by atoms with Gasteiger partial charge >= 0.3 is 11.9 Å². The third kappa shape index (κ3) is 8.82. The fourth-order valence-electron chi connectivity index (χ4n) is 7.08. The first-order valence-electron chi connectivity index (χ1n) is 18.4. The van der Waals surface area contributed by atoms with Crippen molar-refractivity contribution < 1.29 is 33.3 Å². The molecule has 0 fully saturated rings. The second kappa shape index (κ2) is 17.4. The number of ether oxygens (including phenoxy) is 3. The summed E-state index contributed by atoms with van der Waals surface area (Å²) >= 11 is 7.85. The van der Waals surface area contributed by atoms with Gasteiger partial charge in [0, 0.05) is 58.3 Å². The topological polar surface area (TPSA) is 153 Å². The number of nitrogens with one attached hydrogen (secondary N) is 2. The quantitative estimate of drug-likeness (QED) is 0.0821. The highest BCUT2D eigenvalue weighted by molar-refractivity contribution is 7.11. The van der Waals surface area contributed by atoms with E-state index in [2.05, 4.69) is 36.4 Å². The maximum absolute atomic E-state index is 13.9. The minimum Gasteiger partial charge on any atom is -0.493 e. The van der Waals surface area contributed by atoms with Crippen LogP contribution in [-0.4, -0.2) is 66.3 Å². The van der Waals surface area contributed by atoms with Crippen LogP contribution in [0, 0.1) is 11.2 Å². The number of aliphatic imine (C=N–C) groups is 1. The van der Waals surface area contributed by atoms with Gasteiger partial charge in [-0.3, -0.25) is 9.79 Å². The molecule has 1 unspecified atom stereocenters. The molecule has 0 saturated heterocycles. The van der Waals surface area contributed by atoms with Crippen molar-refractivity contribution in [3.63, 3.8) is 0 Å². The van der Waals surface area contributed by atoms with Gasteiger partial charge in [-0.2, -0.15) is 0 Å². The Balaban J connectivity index is 1.06. The number of carboxylic acid groups (broad SMARTS) is 1. The Bertz CT molecular complexity index is 2230. The number of rotatable bonds is 15. The van der Waals surface area contributed by atoms with Crippen molar-refractivity contribution in [1.82, 2.24) is 20.2 Å². The summed E-state index contributed by atoms with van der Waals surface area (Å²) in [4.78, 5) is 46.8. The molecule has 0 aliphatic carbocycles. The smallest absolute Gasteiger partial charge is 0.341 e. The molecule has 2 aliphatic rings. The Morgan fingerprint density at radius 1 is 1.11 bits per heavy atom. The number of fused-ring (bicyclic) bond motifs is 3. The summed E-state index contributed by atoms with van der Waals surface area (Å²) in [7, 11) is 2.88. The van der Waals surface area contributed by atoms with Gasteiger partial charge in [-0.25, -0.2) is 19.0 Å². The summed E-state index contributed by atoms with van der Waals surface area (Å²) in [6.45, 7) is 7.78. The molecule has 296 valence electrons. The Morgan fingerprint density at radius 2 is 1.89 bits per heavy atom. The highest BCUT2D eigenvalue weighted by Crippen LogP contribution is 2.46. The molecule has 2 aromatic heterocycles. The van der Waals surface area contributed by atoms with E-state index in [1.165, 1.54) is 48.9 Å². The molecule has 6 rings (SSSR count). The largest absolute Gasteiger partial charge is 0.493 e. The number of esters is 1. The number of carboxylic acids is 1. The third-order valence-corrected chi connectivity index (χ3v) is 11.1. The standard InChI is InChI=1S/C41H45ClFN5O7S/c1-41(2,3)34-17-23-16-33(32(53-4)19-26(23)30-20-31(49)27(39(50)51)22-48(30)34)55-14-9-7-6-8-12-44-21-29-35(40(52)54-5)36(25-11-10-24(43)18-28(25)42)47-37(46-29)38-45-13-15-56-38/h10-11,13,15-16,18-20,22,34,36,44H,6-9,12,14,17,21H2,1-5H3,(H,46,47)(H,50,51)/t34?,36-/m0/s1. The number of aromatic nitrogens is 2. The maximum atomic E-state index is 13.9. The predicted molar refractivity (Wildman–Crippen MR) is 214 cm³/mol. The molecule has 0 amide bonds. The summed E-state index contributed by atoms with van der Waals surface area (Å²) in [6, 6.07) is 8.36. The lowest BCUT2D eigenvalue weighted by Gasteiger charge is -2.39. The van der Waals surface area contributed by atoms with Gasteiger partial charge < -0.3 is 34.5 Å². The number of hydrogen-bond acceptors (Lipinski definition) is 11. The molecule has 0 bridgehead atoms. The monoisotopic (exact) mass is 805 g/mol. The number of halogens is 2. The zero-order chi connectivity index (χ0) is 40.1. The second-order valence-corrected chi connectivity index (χ2v) is 16.0. The van der Waals surface area contributed by atoms with Crippen LogP contribution < -0.4 is 25.5 Å². The third-order valence-electron chi connectivity index (χ3n) is 9.95. The number of nitrogens with zero attached hydrogens (tertiary/aromatic N) is 3. The van der Waals surface area contributed by atoms with Crippen molar-refractivity contribution >= 4 is 40.7 Å². The van der Waals surface area contributed by atoms with Crippen molar-refractivity contribution in [2.75, 3.05) is 33.9 Å². The van der Waals surface area contributed by atoms with E-state index >= 15 is 0 Å². The van der Waals surface area contributed by atoms with Gasteiger partial charge in [0.05, 0.1) is 32.1 Å². The Kier molecular flexibility index (Phi) is 12.6. The lowest BCUT2D eigenvalue weighted by molar-refractivity contribution is -0.136. The fraction of sp³-hybridized carbons (Fsp3) is 0.390. The molecule has 12 nitrogen and oxygen atoms in total. The van der Waals surface area contributed by atoms with Crippen LogP contribution in [0.4, 0.5) is 4.39 Å². The lowest BCUT2D eigenvalue weighted by Crippen LogP contribution is -2.38. The van der Waals surface area contributed by atoms with Crippen LogP contribution in [0.1, 0.15) is 85.0 Å². The normalized spacial score (nSPS) is 16.4. The number of hydrogen-bond donors (Lipinski definition) is 3. The van der Waals surface area contributed by atoms with Crippen LogP contribution in [0.2, 0.25) is 5.02 Å². The van der Waals surface area contributed by atoms with Gasteiger partial charge in [0.1, 0.15) is 17.4 Å². The van der Waals surface area contributed by atoms with Crippen molar-refractivity contribution in [3.8, 4) is 22.8 Å². The molecular weight excluding hydrogens is 761 g/mol. The van der Waals surface area contributed by atoms with E-state index in [9.17, 15) is 23.9 Å². The molecule has 4 aromatic rings. The number of benzene rings is 2. The SMILES string of the molecule is COC(=O)C1=C(CNCCCCCCOc2cc3c(cc2OC)-c2cc(=O)c(C(=O)O)cn2C(C(C)(C)C)C3)NC(c2nccs2)=N[C@H]1c1ccc(F)cc1Cl. The first-order chi connectivity index (χ1) is 26.8. The summed E-state index contributed by atoms with van der Waals surface area (Å²) in [5.74, 6) is -0.671. The van der Waals surface area contributed by atoms with Crippen LogP contribution >= 0.6 is 22.9 Å². The molecular formula is C41H45ClFN5O7S. The number of thiazole rings is 1. The van der Waals surface area contributed by atoms with Crippen molar-refractivity contribution in [2.45, 2.75) is 65.0 Å². The first-order valence-corrected chi connectivity index (χ1v) is 19.6. The highest BCUT2D eigenvalue weighted by Gasteiger charge is 2.35. The second-order valence-electron chi connectivity index (χ2n) is 14.7. The van der Waals surface area contributed by atoms with Gasteiger partial charge in [-0.05, 0) is 61.1 Å². The van der Waals surface area contributed by atoms with Gasteiger partial charge in [0.2, 0.25) is 0 Å². The van der Waals surface area contributed by atoms with Crippen LogP contribution in [0.15, 0.2) is 75.2 Å². The first kappa shape index (κ1) is 40.6. The fourth-order valence-corrected chi connectivity index (χ4v) is 7.94. The van der Waals surface area contributed by atoms with E-state index < -0.39 is 29.2 Å². The molecule has 2 atom stereocenters. The van der Waals surface area contributed by atoms with Crippen LogP contribution in [0.25, 0.3) is 11.3 Å². The Hall–Kier alpha value is -5.05. The maximum Gasteiger partial charge on any atom is 0.341 e. The number of pyridine rings is 1. The van der Waals surface area contributed by atoms with Crippen LogP contribution in [0.5, 0.6) is 11.5 Å². The molecule has 0 radical (unpaired) electrons. The minimum absolute atomic E-state index is 0.0845. The van der Waals surface area contributed by atoms with Crippen molar-refractivity contribution in [1.29, 1.82) is 0 Å². The molecule has 0 spiro atoms. The number of methoxy groups -OCH3 is 2.